The van der Waals surface area contributed by atoms with Gasteiger partial charge in [-0.15, -0.1) is 0 Å². The monoisotopic (exact) mass is 228 g/mol. The molecule has 1 rings (SSSR count). The van der Waals surface area contributed by atoms with Crippen molar-refractivity contribution in [3.05, 3.63) is 23.2 Å². The lowest BCUT2D eigenvalue weighted by Crippen LogP contribution is -2.31. The molecule has 1 aromatic carbocycles. The van der Waals surface area contributed by atoms with Crippen molar-refractivity contribution in [2.24, 2.45) is 5.92 Å². The summed E-state index contributed by atoms with van der Waals surface area (Å²) in [6.45, 7) is 4.54. The Labute approximate surface area is 94.8 Å². The van der Waals surface area contributed by atoms with Gasteiger partial charge in [-0.25, -0.2) is 0 Å². The van der Waals surface area contributed by atoms with E-state index in [-0.39, 0.29) is 0 Å². The first kappa shape index (κ1) is 12.4. The van der Waals surface area contributed by atoms with Gasteiger partial charge in [-0.1, -0.05) is 31.5 Å². The van der Waals surface area contributed by atoms with Gasteiger partial charge in [0.2, 0.25) is 0 Å². The Kier molecular flexibility index (Phi) is 4.45. The number of halogens is 1. The van der Waals surface area contributed by atoms with Crippen LogP contribution in [0.5, 0.6) is 5.75 Å². The molecule has 0 atom stereocenters. The molecule has 0 bridgehead atoms. The van der Waals surface area contributed by atoms with Gasteiger partial charge in [-0.3, -0.25) is 0 Å². The van der Waals surface area contributed by atoms with E-state index in [1.807, 2.05) is 13.8 Å². The smallest absolute Gasteiger partial charge is 0.492 e. The van der Waals surface area contributed by atoms with Gasteiger partial charge >= 0.3 is 7.12 Å². The van der Waals surface area contributed by atoms with Crippen LogP contribution in [-0.2, 0) is 0 Å². The van der Waals surface area contributed by atoms with Crippen LogP contribution in [0.15, 0.2) is 18.2 Å². The molecule has 0 aliphatic rings. The third-order valence-electron chi connectivity index (χ3n) is 1.83. The number of ether oxygens (including phenoxy) is 1. The molecule has 1 aromatic rings. The summed E-state index contributed by atoms with van der Waals surface area (Å²) < 4.78 is 5.44. The third kappa shape index (κ3) is 3.74. The summed E-state index contributed by atoms with van der Waals surface area (Å²) in [5.74, 6) is 0.791. The van der Waals surface area contributed by atoms with Gasteiger partial charge in [0.05, 0.1) is 6.61 Å². The SMILES string of the molecule is CC(C)COc1cc(Cl)ccc1B(O)O. The zero-order valence-electron chi connectivity index (χ0n) is 8.77. The van der Waals surface area contributed by atoms with Crippen LogP contribution in [0, 0.1) is 5.92 Å². The summed E-state index contributed by atoms with van der Waals surface area (Å²) in [5.41, 5.74) is 0.333. The van der Waals surface area contributed by atoms with E-state index in [1.165, 1.54) is 0 Å². The maximum atomic E-state index is 9.09. The van der Waals surface area contributed by atoms with Gasteiger partial charge in [0.15, 0.2) is 0 Å². The van der Waals surface area contributed by atoms with Crippen molar-refractivity contribution >= 4 is 24.2 Å². The molecule has 0 aliphatic heterocycles. The van der Waals surface area contributed by atoms with Crippen molar-refractivity contribution in [1.29, 1.82) is 0 Å². The zero-order valence-corrected chi connectivity index (χ0v) is 9.53. The van der Waals surface area contributed by atoms with E-state index >= 15 is 0 Å². The molecule has 0 unspecified atom stereocenters. The normalized spacial score (nSPS) is 10.5. The summed E-state index contributed by atoms with van der Waals surface area (Å²) >= 11 is 5.79. The lowest BCUT2D eigenvalue weighted by atomic mass is 9.79. The maximum Gasteiger partial charge on any atom is 0.492 e. The van der Waals surface area contributed by atoms with Crippen LogP contribution >= 0.6 is 11.6 Å². The fraction of sp³-hybridized carbons (Fsp3) is 0.400. The van der Waals surface area contributed by atoms with Crippen LogP contribution in [-0.4, -0.2) is 23.8 Å². The fourth-order valence-corrected chi connectivity index (χ4v) is 1.27. The van der Waals surface area contributed by atoms with Crippen LogP contribution in [0.4, 0.5) is 0 Å². The number of benzene rings is 1. The predicted molar refractivity (Wildman–Crippen MR) is 61.6 cm³/mol. The van der Waals surface area contributed by atoms with Crippen LogP contribution in [0.3, 0.4) is 0 Å². The van der Waals surface area contributed by atoms with E-state index in [9.17, 15) is 0 Å². The summed E-state index contributed by atoms with van der Waals surface area (Å²) in [6, 6.07) is 4.72. The molecule has 0 spiro atoms. The van der Waals surface area contributed by atoms with E-state index in [1.54, 1.807) is 18.2 Å². The van der Waals surface area contributed by atoms with Crippen LogP contribution < -0.4 is 10.2 Å². The second-order valence-electron chi connectivity index (χ2n) is 3.76. The Bertz CT molecular complexity index is 328. The van der Waals surface area contributed by atoms with Crippen molar-refractivity contribution in [3.8, 4) is 5.75 Å². The first-order valence-corrected chi connectivity index (χ1v) is 5.17. The minimum atomic E-state index is -1.54. The highest BCUT2D eigenvalue weighted by Gasteiger charge is 2.17. The Morgan fingerprint density at radius 1 is 1.40 bits per heavy atom. The summed E-state index contributed by atoms with van der Waals surface area (Å²) in [7, 11) is -1.54. The zero-order chi connectivity index (χ0) is 11.4. The molecule has 0 radical (unpaired) electrons. The highest BCUT2D eigenvalue weighted by Crippen LogP contribution is 2.16. The first-order valence-electron chi connectivity index (χ1n) is 4.79. The molecule has 15 heavy (non-hydrogen) atoms. The minimum absolute atomic E-state index is 0.333. The lowest BCUT2D eigenvalue weighted by molar-refractivity contribution is 0.272. The largest absolute Gasteiger partial charge is 0.494 e. The molecule has 82 valence electrons. The maximum absolute atomic E-state index is 9.09. The van der Waals surface area contributed by atoms with Gasteiger partial charge in [-0.2, -0.15) is 0 Å². The van der Waals surface area contributed by atoms with E-state index in [0.717, 1.165) is 0 Å². The standard InChI is InChI=1S/C10H14BClO3/c1-7(2)6-15-10-5-8(12)3-4-9(10)11(13)14/h3-5,7,13-14H,6H2,1-2H3. The molecule has 5 heteroatoms. The van der Waals surface area contributed by atoms with Crippen molar-refractivity contribution in [2.45, 2.75) is 13.8 Å². The predicted octanol–water partition coefficient (Wildman–Crippen LogP) is 1.05. The highest BCUT2D eigenvalue weighted by molar-refractivity contribution is 6.59. The van der Waals surface area contributed by atoms with E-state index in [4.69, 9.17) is 26.4 Å². The lowest BCUT2D eigenvalue weighted by Gasteiger charge is -2.13. The van der Waals surface area contributed by atoms with Gasteiger partial charge < -0.3 is 14.8 Å². The Balaban J connectivity index is 2.87. The van der Waals surface area contributed by atoms with Crippen molar-refractivity contribution in [1.82, 2.24) is 0 Å². The Hall–Kier alpha value is -0.705. The van der Waals surface area contributed by atoms with E-state index < -0.39 is 7.12 Å². The fourth-order valence-electron chi connectivity index (χ4n) is 1.10. The highest BCUT2D eigenvalue weighted by atomic mass is 35.5. The van der Waals surface area contributed by atoms with Crippen molar-refractivity contribution in [2.75, 3.05) is 6.61 Å². The third-order valence-corrected chi connectivity index (χ3v) is 2.06. The molecular weight excluding hydrogens is 214 g/mol. The van der Waals surface area contributed by atoms with Crippen molar-refractivity contribution in [3.63, 3.8) is 0 Å². The molecule has 0 aliphatic carbocycles. The number of hydrogen-bond donors (Lipinski definition) is 2. The van der Waals surface area contributed by atoms with Crippen LogP contribution in [0.2, 0.25) is 5.02 Å². The van der Waals surface area contributed by atoms with Crippen LogP contribution in [0.1, 0.15) is 13.8 Å². The molecular formula is C10H14BClO3. The Morgan fingerprint density at radius 3 is 2.60 bits per heavy atom. The van der Waals surface area contributed by atoms with Gasteiger partial charge in [0.1, 0.15) is 5.75 Å². The van der Waals surface area contributed by atoms with Crippen LogP contribution in [0.25, 0.3) is 0 Å². The molecule has 3 nitrogen and oxygen atoms in total. The molecule has 0 fully saturated rings. The number of hydrogen-bond acceptors (Lipinski definition) is 3. The topological polar surface area (TPSA) is 49.7 Å². The average Bonchev–Trinajstić information content (AvgIpc) is 2.14. The molecule has 0 saturated carbocycles. The summed E-state index contributed by atoms with van der Waals surface area (Å²) in [5, 5.41) is 18.7. The minimum Gasteiger partial charge on any atom is -0.494 e. The second-order valence-corrected chi connectivity index (χ2v) is 4.20. The molecule has 0 aromatic heterocycles. The van der Waals surface area contributed by atoms with Gasteiger partial charge in [0.25, 0.3) is 0 Å². The first-order chi connectivity index (χ1) is 7.00. The summed E-state index contributed by atoms with van der Waals surface area (Å²) in [6.07, 6.45) is 0. The summed E-state index contributed by atoms with van der Waals surface area (Å²) in [4.78, 5) is 0. The van der Waals surface area contributed by atoms with Gasteiger partial charge in [0, 0.05) is 10.5 Å². The van der Waals surface area contributed by atoms with Gasteiger partial charge in [-0.05, 0) is 18.1 Å². The number of rotatable bonds is 4. The van der Waals surface area contributed by atoms with E-state index in [0.29, 0.717) is 28.8 Å². The molecule has 2 N–H and O–H groups in total. The van der Waals surface area contributed by atoms with E-state index in [2.05, 4.69) is 0 Å². The molecule has 0 saturated heterocycles. The molecule has 0 heterocycles. The van der Waals surface area contributed by atoms with Crippen molar-refractivity contribution < 1.29 is 14.8 Å². The molecule has 0 amide bonds. The second kappa shape index (κ2) is 5.40. The average molecular weight is 228 g/mol. The Morgan fingerprint density at radius 2 is 2.07 bits per heavy atom. The quantitative estimate of drug-likeness (QED) is 0.758.